The monoisotopic (exact) mass is 514 g/mol. The molecule has 35 heavy (non-hydrogen) atoms. The van der Waals surface area contributed by atoms with E-state index in [1.54, 1.807) is 54.6 Å². The van der Waals surface area contributed by atoms with Gasteiger partial charge in [-0.3, -0.25) is 9.59 Å². The predicted molar refractivity (Wildman–Crippen MR) is 131 cm³/mol. The van der Waals surface area contributed by atoms with Crippen LogP contribution in [0, 0.1) is 0 Å². The van der Waals surface area contributed by atoms with Crippen LogP contribution in [0.1, 0.15) is 15.9 Å². The fraction of sp³-hybridized carbons (Fsp3) is 0.160. The first kappa shape index (κ1) is 24.4. The second kappa shape index (κ2) is 10.7. The van der Waals surface area contributed by atoms with Gasteiger partial charge < -0.3 is 24.4 Å². The number of hydrogen-bond acceptors (Lipinski definition) is 6. The molecule has 10 heteroatoms. The Morgan fingerprint density at radius 3 is 2.69 bits per heavy atom. The molecule has 1 heterocycles. The van der Waals surface area contributed by atoms with E-state index in [0.717, 1.165) is 5.56 Å². The third-order valence-electron chi connectivity index (χ3n) is 5.13. The first-order valence-corrected chi connectivity index (χ1v) is 11.2. The van der Waals surface area contributed by atoms with Crippen LogP contribution in [0.2, 0.25) is 10.0 Å². The van der Waals surface area contributed by atoms with E-state index in [-0.39, 0.29) is 25.7 Å². The lowest BCUT2D eigenvalue weighted by Crippen LogP contribution is -2.38. The van der Waals surface area contributed by atoms with Crippen LogP contribution < -0.4 is 19.7 Å². The third-order valence-corrected chi connectivity index (χ3v) is 5.66. The summed E-state index contributed by atoms with van der Waals surface area (Å²) in [5.41, 5.74) is 2.06. The molecule has 3 aromatic rings. The normalized spacial score (nSPS) is 12.4. The highest BCUT2D eigenvalue weighted by Gasteiger charge is 2.26. The first-order chi connectivity index (χ1) is 16.8. The van der Waals surface area contributed by atoms with Crippen LogP contribution >= 0.6 is 23.2 Å². The van der Waals surface area contributed by atoms with E-state index in [2.05, 4.69) is 5.32 Å². The molecule has 0 atom stereocenters. The molecule has 1 N–H and O–H groups in total. The van der Waals surface area contributed by atoms with Gasteiger partial charge in [-0.15, -0.1) is 0 Å². The number of ether oxygens (including phenoxy) is 3. The Bertz CT molecular complexity index is 1300. The minimum absolute atomic E-state index is 0.120. The maximum Gasteiger partial charge on any atom is 0.337 e. The van der Waals surface area contributed by atoms with E-state index in [1.807, 2.05) is 0 Å². The van der Waals surface area contributed by atoms with Crippen molar-refractivity contribution in [1.82, 2.24) is 0 Å². The molecule has 0 saturated carbocycles. The van der Waals surface area contributed by atoms with Crippen LogP contribution in [-0.2, 0) is 20.9 Å². The average Bonchev–Trinajstić information content (AvgIpc) is 2.85. The molecule has 0 radical (unpaired) electrons. The minimum Gasteiger partial charge on any atom is -0.482 e. The van der Waals surface area contributed by atoms with Crippen molar-refractivity contribution >= 4 is 52.4 Å². The lowest BCUT2D eigenvalue weighted by molar-refractivity contribution is -0.121. The number of carbonyl (C=O) groups is 3. The second-order valence-corrected chi connectivity index (χ2v) is 8.40. The number of methoxy groups -OCH3 is 1. The Morgan fingerprint density at radius 1 is 1.09 bits per heavy atom. The number of halogens is 2. The number of nitrogens with zero attached hydrogens (tertiary/aromatic N) is 1. The van der Waals surface area contributed by atoms with E-state index in [4.69, 9.17) is 37.4 Å². The summed E-state index contributed by atoms with van der Waals surface area (Å²) in [6.07, 6.45) is 0. The zero-order valence-electron chi connectivity index (χ0n) is 18.5. The quantitative estimate of drug-likeness (QED) is 0.458. The first-order valence-electron chi connectivity index (χ1n) is 10.5. The molecule has 8 nitrogen and oxygen atoms in total. The zero-order valence-corrected chi connectivity index (χ0v) is 20.1. The molecule has 0 bridgehead atoms. The molecule has 1 aliphatic rings. The number of nitrogens with one attached hydrogen (secondary N) is 1. The summed E-state index contributed by atoms with van der Waals surface area (Å²) >= 11 is 11.9. The van der Waals surface area contributed by atoms with E-state index >= 15 is 0 Å². The molecule has 0 saturated heterocycles. The summed E-state index contributed by atoms with van der Waals surface area (Å²) in [7, 11) is 1.31. The number of esters is 1. The van der Waals surface area contributed by atoms with Gasteiger partial charge in [-0.1, -0.05) is 35.3 Å². The molecule has 0 unspecified atom stereocenters. The lowest BCUT2D eigenvalue weighted by Gasteiger charge is -2.30. The Labute approximate surface area is 211 Å². The molecule has 0 aliphatic carbocycles. The van der Waals surface area contributed by atoms with Crippen LogP contribution in [0.5, 0.6) is 11.5 Å². The highest BCUT2D eigenvalue weighted by molar-refractivity contribution is 6.35. The van der Waals surface area contributed by atoms with Crippen molar-refractivity contribution in [3.05, 3.63) is 81.8 Å². The topological polar surface area (TPSA) is 94.2 Å². The molecular formula is C25H20Cl2N2O6. The van der Waals surface area contributed by atoms with Crippen LogP contribution in [0.15, 0.2) is 60.7 Å². The summed E-state index contributed by atoms with van der Waals surface area (Å²) < 4.78 is 15.8. The number of carbonyl (C=O) groups excluding carboxylic acids is 3. The van der Waals surface area contributed by atoms with Gasteiger partial charge in [0.1, 0.15) is 11.5 Å². The number of anilines is 2. The Morgan fingerprint density at radius 2 is 1.91 bits per heavy atom. The van der Waals surface area contributed by atoms with Crippen molar-refractivity contribution in [2.45, 2.75) is 6.54 Å². The SMILES string of the molecule is COC(=O)c1cccc(CN2C(=O)COc3ccc(NC(=O)COc4ccc(Cl)cc4Cl)cc32)c1. The highest BCUT2D eigenvalue weighted by Crippen LogP contribution is 2.35. The number of rotatable bonds is 7. The smallest absolute Gasteiger partial charge is 0.337 e. The van der Waals surface area contributed by atoms with Gasteiger partial charge in [0, 0.05) is 10.7 Å². The van der Waals surface area contributed by atoms with Crippen molar-refractivity contribution in [1.29, 1.82) is 0 Å². The van der Waals surface area contributed by atoms with Crippen molar-refractivity contribution in [2.75, 3.05) is 30.5 Å². The number of amides is 2. The minimum atomic E-state index is -0.465. The number of hydrogen-bond donors (Lipinski definition) is 1. The van der Waals surface area contributed by atoms with Gasteiger partial charge >= 0.3 is 5.97 Å². The molecule has 0 aromatic heterocycles. The summed E-state index contributed by atoms with van der Waals surface area (Å²) in [5, 5.41) is 3.49. The van der Waals surface area contributed by atoms with Gasteiger partial charge in [0.2, 0.25) is 0 Å². The van der Waals surface area contributed by atoms with Gasteiger partial charge in [0.05, 0.1) is 29.9 Å². The lowest BCUT2D eigenvalue weighted by atomic mass is 10.1. The summed E-state index contributed by atoms with van der Waals surface area (Å²) in [6, 6.07) is 16.5. The standard InChI is InChI=1S/C25H20Cl2N2O6/c1-33-25(32)16-4-2-3-15(9-16)12-29-20-11-18(6-8-22(20)35-14-24(29)31)28-23(30)13-34-21-7-5-17(26)10-19(21)27/h2-11H,12-14H2,1H3,(H,28,30). The molecule has 1 aliphatic heterocycles. The van der Waals surface area contributed by atoms with Crippen molar-refractivity contribution < 1.29 is 28.6 Å². The molecule has 0 spiro atoms. The summed E-state index contributed by atoms with van der Waals surface area (Å²) in [6.45, 7) is -0.196. The second-order valence-electron chi connectivity index (χ2n) is 7.55. The highest BCUT2D eigenvalue weighted by atomic mass is 35.5. The van der Waals surface area contributed by atoms with Crippen LogP contribution in [0.4, 0.5) is 11.4 Å². The molecule has 4 rings (SSSR count). The van der Waals surface area contributed by atoms with Crippen molar-refractivity contribution in [3.8, 4) is 11.5 Å². The summed E-state index contributed by atoms with van der Waals surface area (Å²) in [5.74, 6) is -0.318. The fourth-order valence-electron chi connectivity index (χ4n) is 3.48. The van der Waals surface area contributed by atoms with Crippen molar-refractivity contribution in [2.24, 2.45) is 0 Å². The molecular weight excluding hydrogens is 495 g/mol. The molecule has 0 fully saturated rings. The van der Waals surface area contributed by atoms with Gasteiger partial charge in [-0.05, 0) is 54.1 Å². The fourth-order valence-corrected chi connectivity index (χ4v) is 3.95. The van der Waals surface area contributed by atoms with Crippen LogP contribution in [0.25, 0.3) is 0 Å². The molecule has 2 amide bonds. The van der Waals surface area contributed by atoms with Crippen molar-refractivity contribution in [3.63, 3.8) is 0 Å². The van der Waals surface area contributed by atoms with E-state index in [0.29, 0.717) is 38.5 Å². The van der Waals surface area contributed by atoms with E-state index in [1.165, 1.54) is 18.1 Å². The Kier molecular flexibility index (Phi) is 7.43. The predicted octanol–water partition coefficient (Wildman–Crippen LogP) is 4.72. The molecule has 180 valence electrons. The third kappa shape index (κ3) is 5.85. The van der Waals surface area contributed by atoms with Gasteiger partial charge in [0.15, 0.2) is 13.2 Å². The zero-order chi connectivity index (χ0) is 24.9. The maximum atomic E-state index is 12.7. The van der Waals surface area contributed by atoms with Crippen LogP contribution in [0.3, 0.4) is 0 Å². The van der Waals surface area contributed by atoms with Gasteiger partial charge in [0.25, 0.3) is 11.8 Å². The van der Waals surface area contributed by atoms with Crippen LogP contribution in [-0.4, -0.2) is 38.1 Å². The summed E-state index contributed by atoms with van der Waals surface area (Å²) in [4.78, 5) is 38.5. The number of benzene rings is 3. The number of fused-ring (bicyclic) bond motifs is 1. The Balaban J connectivity index is 1.48. The Hall–Kier alpha value is -3.75. The van der Waals surface area contributed by atoms with E-state index < -0.39 is 11.9 Å². The maximum absolute atomic E-state index is 12.7. The molecule has 3 aromatic carbocycles. The average molecular weight is 515 g/mol. The van der Waals surface area contributed by atoms with Gasteiger partial charge in [-0.25, -0.2) is 4.79 Å². The van der Waals surface area contributed by atoms with E-state index in [9.17, 15) is 14.4 Å². The largest absolute Gasteiger partial charge is 0.482 e. The van der Waals surface area contributed by atoms with Gasteiger partial charge in [-0.2, -0.15) is 0 Å².